The van der Waals surface area contributed by atoms with E-state index in [9.17, 15) is 14.9 Å². The third kappa shape index (κ3) is 3.52. The van der Waals surface area contributed by atoms with Crippen molar-refractivity contribution in [1.82, 2.24) is 14.0 Å². The van der Waals surface area contributed by atoms with Crippen LogP contribution in [0.25, 0.3) is 0 Å². The number of rotatable bonds is 4. The highest BCUT2D eigenvalue weighted by molar-refractivity contribution is 5.52. The largest absolute Gasteiger partial charge is 0.373 e. The number of likely N-dealkylation sites (N-methyl/N-ethyl adjacent to an activating group) is 1. The summed E-state index contributed by atoms with van der Waals surface area (Å²) in [7, 11) is 4.75. The fraction of sp³-hybridized carbons (Fsp3) is 0.688. The highest BCUT2D eigenvalue weighted by Crippen LogP contribution is 2.14. The first kappa shape index (κ1) is 18.2. The van der Waals surface area contributed by atoms with E-state index in [4.69, 9.17) is 4.74 Å². The summed E-state index contributed by atoms with van der Waals surface area (Å²) < 4.78 is 8.03. The standard InChI is InChI=1S/C16H25N5O3/c1-11-9-21(10-12(2)24-11)7-6-18(3)14-13(8-17)15(22)20(5)16(23)19(14)4/h11-12H,6-7,9-10H2,1-5H3/t11-,12+. The van der Waals surface area contributed by atoms with Gasteiger partial charge in [-0.25, -0.2) is 4.79 Å². The molecule has 8 nitrogen and oxygen atoms in total. The number of ether oxygens (including phenoxy) is 1. The maximum atomic E-state index is 12.2. The van der Waals surface area contributed by atoms with Gasteiger partial charge in [0.2, 0.25) is 0 Å². The molecule has 1 saturated heterocycles. The Hall–Kier alpha value is -2.11. The Kier molecular flexibility index (Phi) is 5.47. The Morgan fingerprint density at radius 2 is 1.79 bits per heavy atom. The molecular weight excluding hydrogens is 310 g/mol. The summed E-state index contributed by atoms with van der Waals surface area (Å²) in [4.78, 5) is 28.4. The second kappa shape index (κ2) is 7.20. The van der Waals surface area contributed by atoms with Crippen molar-refractivity contribution in [1.29, 1.82) is 5.26 Å². The van der Waals surface area contributed by atoms with Crippen LogP contribution in [0.5, 0.6) is 0 Å². The monoisotopic (exact) mass is 335 g/mol. The van der Waals surface area contributed by atoms with E-state index in [0.29, 0.717) is 12.4 Å². The second-order valence-corrected chi connectivity index (χ2v) is 6.45. The van der Waals surface area contributed by atoms with Crippen LogP contribution in [0.2, 0.25) is 0 Å². The van der Waals surface area contributed by atoms with E-state index >= 15 is 0 Å². The van der Waals surface area contributed by atoms with E-state index in [-0.39, 0.29) is 17.8 Å². The molecule has 0 saturated carbocycles. The fourth-order valence-corrected chi connectivity index (χ4v) is 3.24. The smallest absolute Gasteiger partial charge is 0.332 e. The molecule has 2 heterocycles. The van der Waals surface area contributed by atoms with Gasteiger partial charge in [-0.2, -0.15) is 5.26 Å². The predicted octanol–water partition coefficient (Wildman–Crippen LogP) is -0.499. The molecule has 8 heteroatoms. The molecule has 0 spiro atoms. The van der Waals surface area contributed by atoms with Gasteiger partial charge in [0.15, 0.2) is 5.56 Å². The molecule has 0 aliphatic carbocycles. The number of hydrogen-bond donors (Lipinski definition) is 0. The van der Waals surface area contributed by atoms with E-state index in [1.807, 2.05) is 19.9 Å². The third-order valence-corrected chi connectivity index (χ3v) is 4.35. The van der Waals surface area contributed by atoms with Crippen LogP contribution in [0, 0.1) is 11.3 Å². The summed E-state index contributed by atoms with van der Waals surface area (Å²) in [6.45, 7) is 7.16. The molecule has 1 aromatic heterocycles. The van der Waals surface area contributed by atoms with E-state index in [2.05, 4.69) is 4.90 Å². The fourth-order valence-electron chi connectivity index (χ4n) is 3.24. The average molecular weight is 335 g/mol. The summed E-state index contributed by atoms with van der Waals surface area (Å²) in [5, 5.41) is 9.34. The Morgan fingerprint density at radius 3 is 2.33 bits per heavy atom. The first-order chi connectivity index (χ1) is 11.3. The van der Waals surface area contributed by atoms with Crippen molar-refractivity contribution in [3.63, 3.8) is 0 Å². The Morgan fingerprint density at radius 1 is 1.21 bits per heavy atom. The maximum absolute atomic E-state index is 12.2. The van der Waals surface area contributed by atoms with Gasteiger partial charge in [-0.3, -0.25) is 18.8 Å². The summed E-state index contributed by atoms with van der Waals surface area (Å²) >= 11 is 0. The first-order valence-corrected chi connectivity index (χ1v) is 8.05. The van der Waals surface area contributed by atoms with Gasteiger partial charge < -0.3 is 9.64 Å². The molecule has 0 amide bonds. The molecule has 1 aromatic rings. The highest BCUT2D eigenvalue weighted by atomic mass is 16.5. The minimum absolute atomic E-state index is 0.00851. The topological polar surface area (TPSA) is 83.5 Å². The quantitative estimate of drug-likeness (QED) is 0.738. The van der Waals surface area contributed by atoms with Crippen molar-refractivity contribution >= 4 is 5.82 Å². The lowest BCUT2D eigenvalue weighted by atomic mass is 10.2. The molecule has 1 fully saturated rings. The van der Waals surface area contributed by atoms with Crippen LogP contribution in [0.1, 0.15) is 19.4 Å². The number of morpholine rings is 1. The van der Waals surface area contributed by atoms with E-state index < -0.39 is 11.2 Å². The number of aromatic nitrogens is 2. The van der Waals surface area contributed by atoms with Gasteiger partial charge in [0, 0.05) is 47.3 Å². The normalized spacial score (nSPS) is 21.5. The van der Waals surface area contributed by atoms with E-state index in [1.54, 1.807) is 19.0 Å². The minimum Gasteiger partial charge on any atom is -0.373 e. The number of nitrogens with zero attached hydrogens (tertiary/aromatic N) is 5. The van der Waals surface area contributed by atoms with Crippen molar-refractivity contribution in [3.05, 3.63) is 26.4 Å². The van der Waals surface area contributed by atoms with Crippen LogP contribution in [-0.4, -0.2) is 59.5 Å². The van der Waals surface area contributed by atoms with Crippen LogP contribution >= 0.6 is 0 Å². The Labute approximate surface area is 141 Å². The molecule has 24 heavy (non-hydrogen) atoms. The van der Waals surface area contributed by atoms with Gasteiger partial charge in [-0.05, 0) is 13.8 Å². The van der Waals surface area contributed by atoms with Crippen LogP contribution in [0.3, 0.4) is 0 Å². The summed E-state index contributed by atoms with van der Waals surface area (Å²) in [5.41, 5.74) is -1.00. The molecule has 0 unspecified atom stereocenters. The summed E-state index contributed by atoms with van der Waals surface area (Å²) in [6, 6.07) is 1.94. The van der Waals surface area contributed by atoms with Crippen LogP contribution in [-0.2, 0) is 18.8 Å². The molecule has 1 aliphatic rings. The number of hydrogen-bond acceptors (Lipinski definition) is 6. The lowest BCUT2D eigenvalue weighted by Crippen LogP contribution is -2.48. The average Bonchev–Trinajstić information content (AvgIpc) is 2.53. The third-order valence-electron chi connectivity index (χ3n) is 4.35. The van der Waals surface area contributed by atoms with E-state index in [1.165, 1.54) is 11.6 Å². The first-order valence-electron chi connectivity index (χ1n) is 8.05. The lowest BCUT2D eigenvalue weighted by Gasteiger charge is -2.36. The Bertz CT molecular complexity index is 751. The summed E-state index contributed by atoms with van der Waals surface area (Å²) in [5.74, 6) is 0.361. The summed E-state index contributed by atoms with van der Waals surface area (Å²) in [6.07, 6.45) is 0.365. The molecule has 0 bridgehead atoms. The zero-order valence-electron chi connectivity index (χ0n) is 14.9. The van der Waals surface area contributed by atoms with Gasteiger partial charge in [-0.1, -0.05) is 0 Å². The maximum Gasteiger partial charge on any atom is 0.332 e. The molecule has 132 valence electrons. The van der Waals surface area contributed by atoms with Crippen molar-refractivity contribution in [2.24, 2.45) is 14.1 Å². The molecular formula is C16H25N5O3. The van der Waals surface area contributed by atoms with Crippen molar-refractivity contribution < 1.29 is 4.74 Å². The molecule has 2 atom stereocenters. The molecule has 0 N–H and O–H groups in total. The minimum atomic E-state index is -0.559. The van der Waals surface area contributed by atoms with Gasteiger partial charge in [-0.15, -0.1) is 0 Å². The van der Waals surface area contributed by atoms with Crippen LogP contribution < -0.4 is 16.1 Å². The zero-order valence-corrected chi connectivity index (χ0v) is 14.9. The predicted molar refractivity (Wildman–Crippen MR) is 91.4 cm³/mol. The zero-order chi connectivity index (χ0) is 18.0. The molecule has 0 radical (unpaired) electrons. The van der Waals surface area contributed by atoms with Crippen molar-refractivity contribution in [2.45, 2.75) is 26.1 Å². The van der Waals surface area contributed by atoms with Gasteiger partial charge >= 0.3 is 5.69 Å². The van der Waals surface area contributed by atoms with Crippen molar-refractivity contribution in [3.8, 4) is 6.07 Å². The second-order valence-electron chi connectivity index (χ2n) is 6.45. The van der Waals surface area contributed by atoms with Gasteiger partial charge in [0.25, 0.3) is 5.56 Å². The van der Waals surface area contributed by atoms with E-state index in [0.717, 1.165) is 24.2 Å². The van der Waals surface area contributed by atoms with Gasteiger partial charge in [0.05, 0.1) is 12.2 Å². The van der Waals surface area contributed by atoms with Crippen molar-refractivity contribution in [2.75, 3.05) is 38.1 Å². The van der Waals surface area contributed by atoms with Gasteiger partial charge in [0.1, 0.15) is 11.9 Å². The lowest BCUT2D eigenvalue weighted by molar-refractivity contribution is -0.0670. The number of nitriles is 1. The molecule has 0 aromatic carbocycles. The SMILES string of the molecule is C[C@@H]1CN(CCN(C)c2c(C#N)c(=O)n(C)c(=O)n2C)C[C@H](C)O1. The van der Waals surface area contributed by atoms with Crippen LogP contribution in [0.15, 0.2) is 9.59 Å². The number of anilines is 1. The molecule has 2 rings (SSSR count). The van der Waals surface area contributed by atoms with Crippen LogP contribution in [0.4, 0.5) is 5.82 Å². The highest BCUT2D eigenvalue weighted by Gasteiger charge is 2.23. The Balaban J connectivity index is 2.22. The molecule has 1 aliphatic heterocycles.